The number of pyridine rings is 2. The van der Waals surface area contributed by atoms with Gasteiger partial charge < -0.3 is 10.2 Å². The number of carbonyl (C=O) groups excluding carboxylic acids is 1. The van der Waals surface area contributed by atoms with Crippen LogP contribution in [0, 0.1) is 6.92 Å². The van der Waals surface area contributed by atoms with E-state index in [1.54, 1.807) is 30.0 Å². The maximum absolute atomic E-state index is 13.5. The van der Waals surface area contributed by atoms with E-state index >= 15 is 0 Å². The number of halogens is 3. The molecule has 3 heterocycles. The van der Waals surface area contributed by atoms with Gasteiger partial charge in [0.25, 0.3) is 11.8 Å². The third kappa shape index (κ3) is 4.66. The van der Waals surface area contributed by atoms with Gasteiger partial charge >= 0.3 is 0 Å². The quantitative estimate of drug-likeness (QED) is 0.584. The van der Waals surface area contributed by atoms with E-state index in [4.69, 9.17) is 16.7 Å². The van der Waals surface area contributed by atoms with E-state index in [9.17, 15) is 13.6 Å². The zero-order valence-electron chi connectivity index (χ0n) is 14.5. The minimum atomic E-state index is -2.69. The summed E-state index contributed by atoms with van der Waals surface area (Å²) in [6.45, 7) is 1.94. The van der Waals surface area contributed by atoms with E-state index in [0.717, 1.165) is 11.9 Å². The van der Waals surface area contributed by atoms with Crippen LogP contribution in [-0.4, -0.2) is 34.9 Å². The first kappa shape index (κ1) is 19.8. The van der Waals surface area contributed by atoms with E-state index in [-0.39, 0.29) is 31.1 Å². The number of rotatable bonds is 4. The molecule has 3 N–H and O–H groups in total. The van der Waals surface area contributed by atoms with Gasteiger partial charge in [-0.25, -0.2) is 18.7 Å². The van der Waals surface area contributed by atoms with Crippen LogP contribution in [0.2, 0.25) is 5.15 Å². The molecule has 27 heavy (non-hydrogen) atoms. The number of anilines is 2. The van der Waals surface area contributed by atoms with E-state index in [1.807, 2.05) is 0 Å². The van der Waals surface area contributed by atoms with Crippen LogP contribution in [0.4, 0.5) is 20.3 Å². The van der Waals surface area contributed by atoms with Crippen LogP contribution in [0.15, 0.2) is 29.4 Å². The average Bonchev–Trinajstić information content (AvgIpc) is 2.61. The molecule has 0 spiro atoms. The molecule has 0 saturated carbocycles. The van der Waals surface area contributed by atoms with Crippen molar-refractivity contribution in [1.29, 1.82) is 0 Å². The maximum atomic E-state index is 13.5. The number of aryl methyl sites for hydroxylation is 1. The number of nitrogens with one attached hydrogen (secondary N) is 1. The topological polar surface area (TPSA) is 84.1 Å². The molecule has 0 radical (unpaired) electrons. The minimum Gasteiger partial charge on any atom is -0.355 e. The Bertz CT molecular complexity index is 857. The Hall–Kier alpha value is -1.97. The first-order chi connectivity index (χ1) is 12.8. The molecule has 0 unspecified atom stereocenters. The van der Waals surface area contributed by atoms with Gasteiger partial charge in [-0.15, -0.1) is 0 Å². The third-order valence-corrected chi connectivity index (χ3v) is 4.96. The van der Waals surface area contributed by atoms with Gasteiger partial charge in [-0.05, 0) is 42.6 Å². The van der Waals surface area contributed by atoms with Crippen LogP contribution in [0.5, 0.6) is 0 Å². The van der Waals surface area contributed by atoms with Crippen LogP contribution in [-0.2, 0) is 0 Å². The molecule has 0 atom stereocenters. The standard InChI is InChI=1S/C17H18ClF2N5OS/c1-10-8-12(18)24-15(25-6-3-17(19,20)4-7-25)14(10)16(26)23-11-2-5-22-13(9-11)27-21/h2,5,8-9H,3-4,6-7,21H2,1H3,(H,22,23,26). The Morgan fingerprint density at radius 2 is 2.07 bits per heavy atom. The Labute approximate surface area is 164 Å². The summed E-state index contributed by atoms with van der Waals surface area (Å²) in [6, 6.07) is 4.85. The smallest absolute Gasteiger partial charge is 0.259 e. The molecule has 6 nitrogen and oxygen atoms in total. The Morgan fingerprint density at radius 1 is 1.37 bits per heavy atom. The number of hydrogen-bond acceptors (Lipinski definition) is 6. The predicted molar refractivity (Wildman–Crippen MR) is 103 cm³/mol. The predicted octanol–water partition coefficient (Wildman–Crippen LogP) is 3.89. The number of carbonyl (C=O) groups is 1. The molecule has 1 fully saturated rings. The van der Waals surface area contributed by atoms with Crippen LogP contribution >= 0.6 is 23.5 Å². The summed E-state index contributed by atoms with van der Waals surface area (Å²) in [6.07, 6.45) is 0.955. The van der Waals surface area contributed by atoms with Crippen molar-refractivity contribution < 1.29 is 13.6 Å². The molecule has 1 aliphatic heterocycles. The lowest BCUT2D eigenvalue weighted by atomic mass is 10.0. The van der Waals surface area contributed by atoms with Gasteiger partial charge in [0.05, 0.1) is 5.56 Å². The highest BCUT2D eigenvalue weighted by molar-refractivity contribution is 7.97. The molecular weight excluding hydrogens is 396 g/mol. The van der Waals surface area contributed by atoms with Crippen molar-refractivity contribution in [2.45, 2.75) is 30.7 Å². The highest BCUT2D eigenvalue weighted by atomic mass is 35.5. The van der Waals surface area contributed by atoms with Crippen LogP contribution in [0.3, 0.4) is 0 Å². The number of alkyl halides is 2. The molecule has 0 aliphatic carbocycles. The molecule has 1 saturated heterocycles. The van der Waals surface area contributed by atoms with Crippen molar-refractivity contribution in [2.24, 2.45) is 5.14 Å². The molecular formula is C17H18ClF2N5OS. The number of nitrogens with zero attached hydrogens (tertiary/aromatic N) is 3. The molecule has 1 aliphatic rings. The van der Waals surface area contributed by atoms with Gasteiger partial charge in [-0.1, -0.05) is 11.6 Å². The number of piperidine rings is 1. The van der Waals surface area contributed by atoms with Crippen molar-refractivity contribution in [3.8, 4) is 0 Å². The first-order valence-corrected chi connectivity index (χ1v) is 9.49. The second-order valence-electron chi connectivity index (χ2n) is 6.26. The molecule has 2 aromatic rings. The summed E-state index contributed by atoms with van der Waals surface area (Å²) < 4.78 is 27.0. The molecule has 10 heteroatoms. The molecule has 0 aromatic carbocycles. The molecule has 1 amide bonds. The van der Waals surface area contributed by atoms with Gasteiger partial charge in [0.2, 0.25) is 0 Å². The summed E-state index contributed by atoms with van der Waals surface area (Å²) in [7, 11) is 0. The maximum Gasteiger partial charge on any atom is 0.259 e. The lowest BCUT2D eigenvalue weighted by Gasteiger charge is -2.33. The number of amides is 1. The third-order valence-electron chi connectivity index (χ3n) is 4.30. The van der Waals surface area contributed by atoms with E-state index in [0.29, 0.717) is 27.7 Å². The van der Waals surface area contributed by atoms with Gasteiger partial charge in [-0.2, -0.15) is 0 Å². The van der Waals surface area contributed by atoms with Crippen molar-refractivity contribution in [2.75, 3.05) is 23.3 Å². The fourth-order valence-electron chi connectivity index (χ4n) is 2.92. The second kappa shape index (κ2) is 7.95. The van der Waals surface area contributed by atoms with Gasteiger partial charge in [0, 0.05) is 37.8 Å². The van der Waals surface area contributed by atoms with Crippen molar-refractivity contribution >= 4 is 41.0 Å². The second-order valence-corrected chi connectivity index (χ2v) is 7.30. The summed E-state index contributed by atoms with van der Waals surface area (Å²) in [4.78, 5) is 22.9. The average molecular weight is 414 g/mol. The lowest BCUT2D eigenvalue weighted by Crippen LogP contribution is -2.40. The van der Waals surface area contributed by atoms with Gasteiger partial charge in [0.15, 0.2) is 0 Å². The summed E-state index contributed by atoms with van der Waals surface area (Å²) in [5.41, 5.74) is 1.44. The normalized spacial score (nSPS) is 16.3. The van der Waals surface area contributed by atoms with Crippen LogP contribution in [0.25, 0.3) is 0 Å². The zero-order valence-corrected chi connectivity index (χ0v) is 16.1. The first-order valence-electron chi connectivity index (χ1n) is 8.23. The number of hydrogen-bond donors (Lipinski definition) is 2. The molecule has 2 aromatic heterocycles. The van der Waals surface area contributed by atoms with E-state index in [2.05, 4.69) is 15.3 Å². The lowest BCUT2D eigenvalue weighted by molar-refractivity contribution is -0.0221. The minimum absolute atomic E-state index is 0.100. The largest absolute Gasteiger partial charge is 0.355 e. The summed E-state index contributed by atoms with van der Waals surface area (Å²) in [5.74, 6) is -2.78. The number of aromatic nitrogens is 2. The highest BCUT2D eigenvalue weighted by Gasteiger charge is 2.35. The van der Waals surface area contributed by atoms with Gasteiger partial charge in [0.1, 0.15) is 16.0 Å². The number of nitrogens with two attached hydrogens (primary N) is 1. The Balaban J connectivity index is 1.91. The van der Waals surface area contributed by atoms with Crippen molar-refractivity contribution in [3.63, 3.8) is 0 Å². The molecule has 3 rings (SSSR count). The molecule has 144 valence electrons. The SMILES string of the molecule is Cc1cc(Cl)nc(N2CCC(F)(F)CC2)c1C(=O)Nc1ccnc(SN)c1. The summed E-state index contributed by atoms with van der Waals surface area (Å²) >= 11 is 7.02. The molecule has 0 bridgehead atoms. The fourth-order valence-corrected chi connectivity index (χ4v) is 3.48. The van der Waals surface area contributed by atoms with Crippen LogP contribution < -0.4 is 15.4 Å². The highest BCUT2D eigenvalue weighted by Crippen LogP contribution is 2.33. The Morgan fingerprint density at radius 3 is 2.74 bits per heavy atom. The summed E-state index contributed by atoms with van der Waals surface area (Å²) in [5, 5.41) is 9.04. The van der Waals surface area contributed by atoms with Crippen molar-refractivity contribution in [1.82, 2.24) is 9.97 Å². The van der Waals surface area contributed by atoms with Crippen LogP contribution in [0.1, 0.15) is 28.8 Å². The monoisotopic (exact) mass is 413 g/mol. The Kier molecular flexibility index (Phi) is 5.83. The van der Waals surface area contributed by atoms with Gasteiger partial charge in [-0.3, -0.25) is 9.93 Å². The van der Waals surface area contributed by atoms with Crippen molar-refractivity contribution in [3.05, 3.63) is 40.7 Å². The van der Waals surface area contributed by atoms with E-state index in [1.165, 1.54) is 6.20 Å². The fraction of sp³-hybridized carbons (Fsp3) is 0.353. The van der Waals surface area contributed by atoms with E-state index < -0.39 is 11.8 Å². The zero-order chi connectivity index (χ0) is 19.6.